The number of hydrogen-bond acceptors (Lipinski definition) is 6. The fourth-order valence-electron chi connectivity index (χ4n) is 3.53. The lowest BCUT2D eigenvalue weighted by molar-refractivity contribution is -0.169. The van der Waals surface area contributed by atoms with Crippen molar-refractivity contribution in [1.29, 1.82) is 0 Å². The van der Waals surface area contributed by atoms with Crippen molar-refractivity contribution in [2.45, 2.75) is 66.1 Å². The van der Waals surface area contributed by atoms with Crippen molar-refractivity contribution in [1.82, 2.24) is 4.90 Å². The van der Waals surface area contributed by atoms with Crippen LogP contribution in [0.5, 0.6) is 0 Å². The van der Waals surface area contributed by atoms with Crippen LogP contribution < -0.4 is 0 Å². The van der Waals surface area contributed by atoms with E-state index in [1.165, 1.54) is 0 Å². The minimum atomic E-state index is -0.617. The van der Waals surface area contributed by atoms with Gasteiger partial charge in [-0.3, -0.25) is 14.4 Å². The Hall–Kier alpha value is -1.69. The summed E-state index contributed by atoms with van der Waals surface area (Å²) >= 11 is 0. The summed E-state index contributed by atoms with van der Waals surface area (Å²) in [7, 11) is 3.78. The second kappa shape index (κ2) is 11.3. The van der Waals surface area contributed by atoms with Crippen LogP contribution in [0.1, 0.15) is 53.9 Å². The number of ketones is 1. The highest BCUT2D eigenvalue weighted by molar-refractivity contribution is 5.91. The van der Waals surface area contributed by atoms with E-state index in [1.54, 1.807) is 13.0 Å². The van der Waals surface area contributed by atoms with Crippen LogP contribution in [0.4, 0.5) is 0 Å². The molecular formula is C22H37NO5. The molecule has 0 spiro atoms. The monoisotopic (exact) mass is 395 g/mol. The van der Waals surface area contributed by atoms with Gasteiger partial charge in [0.25, 0.3) is 0 Å². The molecule has 0 aromatic rings. The minimum Gasteiger partial charge on any atom is -0.461 e. The molecule has 0 aliphatic carbocycles. The summed E-state index contributed by atoms with van der Waals surface area (Å²) in [5.41, 5.74) is 0. The van der Waals surface area contributed by atoms with Crippen molar-refractivity contribution < 1.29 is 23.9 Å². The minimum absolute atomic E-state index is 0.0470. The maximum absolute atomic E-state index is 12.8. The van der Waals surface area contributed by atoms with Crippen LogP contribution in [-0.2, 0) is 23.9 Å². The number of hydrogen-bond donors (Lipinski definition) is 0. The lowest BCUT2D eigenvalue weighted by Crippen LogP contribution is -2.40. The third kappa shape index (κ3) is 7.38. The zero-order valence-electron chi connectivity index (χ0n) is 18.4. The number of carbonyl (C=O) groups is 3. The number of cyclic esters (lactones) is 1. The van der Waals surface area contributed by atoms with Gasteiger partial charge in [0.15, 0.2) is 5.78 Å². The van der Waals surface area contributed by atoms with Crippen LogP contribution in [0.15, 0.2) is 12.2 Å². The van der Waals surface area contributed by atoms with Gasteiger partial charge in [0.2, 0.25) is 0 Å². The van der Waals surface area contributed by atoms with Gasteiger partial charge in [0.1, 0.15) is 12.2 Å². The molecule has 28 heavy (non-hydrogen) atoms. The largest absolute Gasteiger partial charge is 0.461 e. The Morgan fingerprint density at radius 1 is 1.21 bits per heavy atom. The molecular weight excluding hydrogens is 358 g/mol. The first-order chi connectivity index (χ1) is 13.1. The SMILES string of the molecule is CC[C@H]1OC(=O)[C@H](C)[C@@H](OC(=O)CCN(C)C)[C@@H](C)C[C@@H](C)C(=O)/C=C/[C@H]1C. The molecule has 0 fully saturated rings. The van der Waals surface area contributed by atoms with Crippen molar-refractivity contribution >= 4 is 17.7 Å². The number of carbonyl (C=O) groups excluding carboxylic acids is 3. The molecule has 0 saturated heterocycles. The summed E-state index contributed by atoms with van der Waals surface area (Å²) in [5.74, 6) is -1.65. The van der Waals surface area contributed by atoms with Gasteiger partial charge in [-0.05, 0) is 45.9 Å². The third-order valence-corrected chi connectivity index (χ3v) is 5.49. The molecule has 6 nitrogen and oxygen atoms in total. The van der Waals surface area contributed by atoms with Gasteiger partial charge in [-0.25, -0.2) is 0 Å². The van der Waals surface area contributed by atoms with E-state index in [0.29, 0.717) is 19.4 Å². The Bertz CT molecular complexity index is 571. The fraction of sp³-hybridized carbons (Fsp3) is 0.773. The van der Waals surface area contributed by atoms with E-state index in [-0.39, 0.29) is 48.0 Å². The highest BCUT2D eigenvalue weighted by Crippen LogP contribution is 2.28. The molecule has 0 aromatic carbocycles. The van der Waals surface area contributed by atoms with Crippen molar-refractivity contribution in [3.63, 3.8) is 0 Å². The molecule has 0 radical (unpaired) electrons. The van der Waals surface area contributed by atoms with E-state index in [1.807, 2.05) is 52.8 Å². The van der Waals surface area contributed by atoms with Crippen molar-refractivity contribution in [3.05, 3.63) is 12.2 Å². The van der Waals surface area contributed by atoms with Crippen molar-refractivity contribution in [2.24, 2.45) is 23.7 Å². The Morgan fingerprint density at radius 2 is 1.86 bits per heavy atom. The molecule has 1 aliphatic heterocycles. The maximum atomic E-state index is 12.8. The summed E-state index contributed by atoms with van der Waals surface area (Å²) in [6.07, 6.45) is 3.94. The van der Waals surface area contributed by atoms with Gasteiger partial charge in [0.05, 0.1) is 12.3 Å². The zero-order chi connectivity index (χ0) is 21.4. The Morgan fingerprint density at radius 3 is 2.43 bits per heavy atom. The second-order valence-corrected chi connectivity index (χ2v) is 8.41. The van der Waals surface area contributed by atoms with E-state index in [4.69, 9.17) is 9.47 Å². The molecule has 1 heterocycles. The van der Waals surface area contributed by atoms with E-state index in [9.17, 15) is 14.4 Å². The molecule has 0 saturated carbocycles. The topological polar surface area (TPSA) is 72.9 Å². The predicted octanol–water partition coefficient (Wildman–Crippen LogP) is 3.25. The first kappa shape index (κ1) is 24.3. The molecule has 6 atom stereocenters. The quantitative estimate of drug-likeness (QED) is 0.666. The van der Waals surface area contributed by atoms with Crippen LogP contribution in [-0.4, -0.2) is 55.5 Å². The molecule has 6 heteroatoms. The van der Waals surface area contributed by atoms with Gasteiger partial charge in [-0.15, -0.1) is 0 Å². The molecule has 160 valence electrons. The standard InChI is InChI=1S/C22H37NO5/c1-8-19-14(2)9-10-18(24)15(3)13-16(4)21(17(5)22(26)27-19)28-20(25)11-12-23(6)7/h9-10,14-17,19,21H,8,11-13H2,1-7H3/b10-9+/t14-,15-,16+,17-,19-,21+/m1/s1. The number of allylic oxidation sites excluding steroid dienone is 1. The molecule has 0 bridgehead atoms. The number of esters is 2. The molecule has 0 amide bonds. The normalized spacial score (nSPS) is 33.6. The first-order valence-corrected chi connectivity index (χ1v) is 10.3. The van der Waals surface area contributed by atoms with Crippen LogP contribution in [0, 0.1) is 23.7 Å². The van der Waals surface area contributed by atoms with Crippen LogP contribution in [0.3, 0.4) is 0 Å². The highest BCUT2D eigenvalue weighted by Gasteiger charge is 2.36. The molecule has 1 aliphatic rings. The van der Waals surface area contributed by atoms with E-state index in [0.717, 1.165) is 0 Å². The van der Waals surface area contributed by atoms with Crippen LogP contribution in [0.2, 0.25) is 0 Å². The molecule has 0 aromatic heterocycles. The van der Waals surface area contributed by atoms with Crippen LogP contribution >= 0.6 is 0 Å². The smallest absolute Gasteiger partial charge is 0.312 e. The summed E-state index contributed by atoms with van der Waals surface area (Å²) in [4.78, 5) is 39.5. The molecule has 0 N–H and O–H groups in total. The number of ether oxygens (including phenoxy) is 2. The van der Waals surface area contributed by atoms with Gasteiger partial charge in [-0.2, -0.15) is 0 Å². The van der Waals surface area contributed by atoms with E-state index in [2.05, 4.69) is 0 Å². The Labute approximate surface area is 169 Å². The Balaban J connectivity index is 3.09. The van der Waals surface area contributed by atoms with Gasteiger partial charge in [-0.1, -0.05) is 33.8 Å². The maximum Gasteiger partial charge on any atom is 0.312 e. The number of nitrogens with zero attached hydrogens (tertiary/aromatic N) is 1. The van der Waals surface area contributed by atoms with Crippen LogP contribution in [0.25, 0.3) is 0 Å². The average molecular weight is 396 g/mol. The summed E-state index contributed by atoms with van der Waals surface area (Å²) in [5, 5.41) is 0. The zero-order valence-corrected chi connectivity index (χ0v) is 18.4. The highest BCUT2D eigenvalue weighted by atomic mass is 16.6. The van der Waals surface area contributed by atoms with Gasteiger partial charge in [0, 0.05) is 18.4 Å². The van der Waals surface area contributed by atoms with E-state index >= 15 is 0 Å². The van der Waals surface area contributed by atoms with Crippen molar-refractivity contribution in [2.75, 3.05) is 20.6 Å². The molecule has 1 rings (SSSR count). The third-order valence-electron chi connectivity index (χ3n) is 5.49. The summed E-state index contributed by atoms with van der Waals surface area (Å²) in [6.45, 7) is 10.0. The van der Waals surface area contributed by atoms with E-state index < -0.39 is 12.0 Å². The summed E-state index contributed by atoms with van der Waals surface area (Å²) < 4.78 is 11.4. The lowest BCUT2D eigenvalue weighted by Gasteiger charge is -2.32. The Kier molecular flexibility index (Phi) is 9.87. The predicted molar refractivity (Wildman–Crippen MR) is 109 cm³/mol. The average Bonchev–Trinajstić information content (AvgIpc) is 2.64. The van der Waals surface area contributed by atoms with Gasteiger partial charge < -0.3 is 14.4 Å². The first-order valence-electron chi connectivity index (χ1n) is 10.3. The van der Waals surface area contributed by atoms with Gasteiger partial charge >= 0.3 is 11.9 Å². The fourth-order valence-corrected chi connectivity index (χ4v) is 3.53. The van der Waals surface area contributed by atoms with Crippen molar-refractivity contribution in [3.8, 4) is 0 Å². The summed E-state index contributed by atoms with van der Waals surface area (Å²) in [6, 6.07) is 0. The number of rotatable bonds is 5. The second-order valence-electron chi connectivity index (χ2n) is 8.41. The lowest BCUT2D eigenvalue weighted by atomic mass is 9.84. The molecule has 0 unspecified atom stereocenters.